The van der Waals surface area contributed by atoms with E-state index < -0.39 is 0 Å². The van der Waals surface area contributed by atoms with Gasteiger partial charge < -0.3 is 0 Å². The summed E-state index contributed by atoms with van der Waals surface area (Å²) in [5, 5.41) is 0. The summed E-state index contributed by atoms with van der Waals surface area (Å²) in [5.74, 6) is 0. The Kier molecular flexibility index (Phi) is 20.9. The van der Waals surface area contributed by atoms with E-state index in [4.69, 9.17) is 0 Å². The number of fused-ring (bicyclic) bond motifs is 20. The van der Waals surface area contributed by atoms with Crippen LogP contribution in [0.4, 0.5) is 0 Å². The highest BCUT2D eigenvalue weighted by molar-refractivity contribution is 5.97. The molecule has 1 spiro atoms. The average molecular weight is 1800 g/mol. The van der Waals surface area contributed by atoms with Crippen LogP contribution >= 0.6 is 0 Å². The predicted octanol–water partition coefficient (Wildman–Crippen LogP) is 37.6. The van der Waals surface area contributed by atoms with Crippen molar-refractivity contribution in [3.8, 4) is 200 Å². The third-order valence-corrected chi connectivity index (χ3v) is 32.6. The molecular formula is C141H106. The number of hydrogen-bond donors (Lipinski definition) is 0. The Hall–Kier alpha value is -16.4. The summed E-state index contributed by atoms with van der Waals surface area (Å²) in [4.78, 5) is 0. The van der Waals surface area contributed by atoms with Crippen molar-refractivity contribution >= 4 is 0 Å². The van der Waals surface area contributed by atoms with Gasteiger partial charge in [0.05, 0.1) is 0 Å². The Morgan fingerprint density at radius 2 is 0.340 bits per heavy atom. The fourth-order valence-electron chi connectivity index (χ4n) is 25.5. The molecule has 1 fully saturated rings. The van der Waals surface area contributed by atoms with Crippen molar-refractivity contribution in [2.75, 3.05) is 0 Å². The minimum Gasteiger partial charge on any atom is -0.0622 e. The molecule has 21 aromatic rings. The Bertz CT molecular complexity index is 8520. The number of hydrogen-bond acceptors (Lipinski definition) is 0. The van der Waals surface area contributed by atoms with Crippen LogP contribution in [-0.4, -0.2) is 0 Å². The van der Waals surface area contributed by atoms with Crippen LogP contribution in [0, 0.1) is 0 Å². The molecule has 0 nitrogen and oxygen atoms in total. The first-order valence-electron chi connectivity index (χ1n) is 50.6. The quantitative estimate of drug-likeness (QED) is 0.114. The predicted molar refractivity (Wildman–Crippen MR) is 594 cm³/mol. The zero-order chi connectivity index (χ0) is 94.0. The summed E-state index contributed by atoms with van der Waals surface area (Å²) in [6.07, 6.45) is 9.34. The molecule has 0 saturated heterocycles. The summed E-state index contributed by atoms with van der Waals surface area (Å²) < 4.78 is 0. The van der Waals surface area contributed by atoms with Crippen LogP contribution in [0.2, 0.25) is 0 Å². The van der Waals surface area contributed by atoms with Gasteiger partial charge >= 0.3 is 0 Å². The van der Waals surface area contributed by atoms with Gasteiger partial charge in [-0.2, -0.15) is 0 Å². The zero-order valence-corrected chi connectivity index (χ0v) is 80.2. The number of benzene rings is 21. The molecule has 0 N–H and O–H groups in total. The van der Waals surface area contributed by atoms with Crippen LogP contribution in [-0.2, 0) is 35.5 Å². The molecule has 7 aliphatic carbocycles. The lowest BCUT2D eigenvalue weighted by Gasteiger charge is -2.36. The molecule has 0 radical (unpaired) electrons. The van der Waals surface area contributed by atoms with Crippen molar-refractivity contribution in [2.24, 2.45) is 0 Å². The second-order valence-electron chi connectivity index (χ2n) is 40.9. The van der Waals surface area contributed by atoms with Crippen LogP contribution in [0.25, 0.3) is 200 Å². The second-order valence-corrected chi connectivity index (χ2v) is 40.9. The Morgan fingerprint density at radius 1 is 0.128 bits per heavy atom. The van der Waals surface area contributed by atoms with Gasteiger partial charge in [0.25, 0.3) is 0 Å². The van der Waals surface area contributed by atoms with Crippen LogP contribution < -0.4 is 0 Å². The highest BCUT2D eigenvalue weighted by atomic mass is 14.5. The maximum Gasteiger partial charge on any atom is 0.0215 e. The third kappa shape index (κ3) is 14.6. The largest absolute Gasteiger partial charge is 0.0622 e. The summed E-state index contributed by atoms with van der Waals surface area (Å²) in [6, 6.07) is 176. The van der Waals surface area contributed by atoms with Crippen LogP contribution in [0.5, 0.6) is 0 Å². The van der Waals surface area contributed by atoms with E-state index in [0.717, 1.165) is 19.3 Å². The second kappa shape index (κ2) is 34.6. The van der Waals surface area contributed by atoms with E-state index in [9.17, 15) is 0 Å². The van der Waals surface area contributed by atoms with Gasteiger partial charge in [-0.1, -0.05) is 484 Å². The molecule has 141 heavy (non-hydrogen) atoms. The molecule has 28 rings (SSSR count). The summed E-state index contributed by atoms with van der Waals surface area (Å²) in [5.41, 5.74) is 65.0. The lowest BCUT2D eigenvalue weighted by molar-refractivity contribution is 0.353. The van der Waals surface area contributed by atoms with Crippen molar-refractivity contribution < 1.29 is 0 Å². The molecule has 0 aromatic heterocycles. The van der Waals surface area contributed by atoms with Crippen molar-refractivity contribution in [1.29, 1.82) is 0 Å². The summed E-state index contributed by atoms with van der Waals surface area (Å²) >= 11 is 0. The summed E-state index contributed by atoms with van der Waals surface area (Å²) in [6.45, 7) is 9.44. The lowest BCUT2D eigenvalue weighted by Crippen LogP contribution is -2.28. The first-order valence-corrected chi connectivity index (χ1v) is 50.6. The average Bonchev–Trinajstić information content (AvgIpc) is 1.56. The van der Waals surface area contributed by atoms with Crippen LogP contribution in [0.1, 0.15) is 127 Å². The highest BCUT2D eigenvalue weighted by Gasteiger charge is 2.45. The molecule has 21 aromatic carbocycles. The van der Waals surface area contributed by atoms with E-state index in [0.29, 0.717) is 0 Å². The van der Waals surface area contributed by atoms with Crippen molar-refractivity contribution in [3.63, 3.8) is 0 Å². The first-order chi connectivity index (χ1) is 69.4. The molecular weight excluding hydrogens is 1690 g/mol. The minimum atomic E-state index is -0.0110. The fourth-order valence-corrected chi connectivity index (χ4v) is 25.5. The van der Waals surface area contributed by atoms with Gasteiger partial charge in [-0.15, -0.1) is 0 Å². The standard InChI is InChI=1S/C49H38.2C46H34/c1-3-12-33(13-4-1)34-22-24-35(25-23-34)36-14-9-15-37(30-36)39-17-10-19-41-42-20-11-18-40(46(42)32-45(39)41)38-26-27-44-43-16-5-6-21-47(43)49(48(44)31-38)28-7-2-8-29-49;1-46(2)44-20-7-6-15-40(44)43-28-35(25-26-45(43)46)37-17-10-19-39-38-18-9-16-36(41(38)29-42(37)39)34-14-8-13-33(27-34)32-23-21-31(22-24-32)30-11-4-3-5-12-30;1-46(2)44-20-7-6-15-40(44)41-26-25-35(28-45(41)46)37-17-10-19-39-38-18-9-16-36(42(38)29-43(37)39)34-14-8-13-33(27-34)32-23-21-31(22-24-32)30-11-4-3-5-12-30/h1,3-6,9-27,30-31H,2,7-8,28-29,32H2;2*3-28H,29H2,1-2H3. The topological polar surface area (TPSA) is 0 Å². The van der Waals surface area contributed by atoms with Crippen molar-refractivity contribution in [2.45, 2.75) is 95.3 Å². The normalized spacial score (nSPS) is 14.0. The molecule has 0 amide bonds. The lowest BCUT2D eigenvalue weighted by atomic mass is 9.67. The molecule has 7 aliphatic rings. The molecule has 1 saturated carbocycles. The zero-order valence-electron chi connectivity index (χ0n) is 80.2. The highest BCUT2D eigenvalue weighted by Crippen LogP contribution is 2.59. The molecule has 0 heteroatoms. The molecule has 0 heterocycles. The smallest absolute Gasteiger partial charge is 0.0215 e. The van der Waals surface area contributed by atoms with Gasteiger partial charge in [-0.3, -0.25) is 0 Å². The molecule has 0 bridgehead atoms. The van der Waals surface area contributed by atoms with E-state index in [2.05, 4.69) is 501 Å². The van der Waals surface area contributed by atoms with Crippen LogP contribution in [0.3, 0.4) is 0 Å². The minimum absolute atomic E-state index is 0.0110. The van der Waals surface area contributed by atoms with Crippen LogP contribution in [0.15, 0.2) is 473 Å². The number of rotatable bonds is 12. The van der Waals surface area contributed by atoms with Gasteiger partial charge in [-0.25, -0.2) is 0 Å². The van der Waals surface area contributed by atoms with Gasteiger partial charge in [0.2, 0.25) is 0 Å². The monoisotopic (exact) mass is 1800 g/mol. The molecule has 0 atom stereocenters. The Labute approximate surface area is 829 Å². The first kappa shape index (κ1) is 85.1. The maximum absolute atomic E-state index is 2.58. The van der Waals surface area contributed by atoms with Gasteiger partial charge in [0.1, 0.15) is 0 Å². The van der Waals surface area contributed by atoms with E-state index in [1.165, 1.54) is 288 Å². The third-order valence-electron chi connectivity index (χ3n) is 32.6. The fraction of sp³-hybridized carbons (Fsp3) is 0.106. The van der Waals surface area contributed by atoms with E-state index in [1.54, 1.807) is 11.1 Å². The Morgan fingerprint density at radius 3 is 0.702 bits per heavy atom. The van der Waals surface area contributed by atoms with Gasteiger partial charge in [0.15, 0.2) is 0 Å². The van der Waals surface area contributed by atoms with E-state index in [1.807, 2.05) is 0 Å². The SMILES string of the molecule is CC1(C)c2ccccc2-c2cc(-c3cccc4c3Cc3c(-c5cccc(-c6ccc(-c7ccccc7)cc6)c5)cccc3-4)ccc21.CC1(C)c2ccccc2-c2ccc(-c3cccc4c3Cc3c(-c5cccc(-c6ccc(-c7ccccc7)cc6)c5)cccc3-4)cc21.c1ccc(-c2ccc(-c3cccc(-c4cccc5c4Cc4c(-c6ccc7c(c6)C6(CCCCC6)c6ccccc6-7)cccc4-5)c3)cc2)cc1. The summed E-state index contributed by atoms with van der Waals surface area (Å²) in [7, 11) is 0. The molecule has 670 valence electrons. The van der Waals surface area contributed by atoms with Gasteiger partial charge in [-0.05, 0) is 336 Å². The van der Waals surface area contributed by atoms with Gasteiger partial charge in [0, 0.05) is 16.2 Å². The van der Waals surface area contributed by atoms with Crippen molar-refractivity contribution in [3.05, 3.63) is 540 Å². The maximum atomic E-state index is 2.58. The molecule has 0 aliphatic heterocycles. The van der Waals surface area contributed by atoms with E-state index in [-0.39, 0.29) is 16.2 Å². The Balaban J connectivity index is 0.000000109. The van der Waals surface area contributed by atoms with Crippen molar-refractivity contribution in [1.82, 2.24) is 0 Å². The van der Waals surface area contributed by atoms with E-state index >= 15 is 0 Å². The molecule has 0 unspecified atom stereocenters.